The van der Waals surface area contributed by atoms with Gasteiger partial charge in [0, 0.05) is 6.54 Å². The first-order valence-electron chi connectivity index (χ1n) is 10.4. The summed E-state index contributed by atoms with van der Waals surface area (Å²) in [5, 5.41) is 9.25. The van der Waals surface area contributed by atoms with Gasteiger partial charge in [0.25, 0.3) is 0 Å². The zero-order chi connectivity index (χ0) is 23.6. The largest absolute Gasteiger partial charge is 0.289 e. The van der Waals surface area contributed by atoms with Gasteiger partial charge in [0.2, 0.25) is 21.8 Å². The molecule has 31 heavy (non-hydrogen) atoms. The summed E-state index contributed by atoms with van der Waals surface area (Å²) in [5.41, 5.74) is 5.08. The molecular weight excluding hydrogens is 418 g/mol. The average Bonchev–Trinajstić information content (AvgIpc) is 2.68. The molecule has 3 N–H and O–H groups in total. The molecule has 0 aliphatic carbocycles. The van der Waals surface area contributed by atoms with Crippen LogP contribution in [0.1, 0.15) is 46.1 Å². The number of hydroxylamine groups is 1. The van der Waals surface area contributed by atoms with Crippen LogP contribution < -0.4 is 10.9 Å². The smallest absolute Gasteiger partial charge is 0.247 e. The van der Waals surface area contributed by atoms with E-state index in [0.29, 0.717) is 6.42 Å². The standard InChI is InChI=1S/C22H35N3O5S/c1-16(2)14-20(21(26)23-25(15-17(3)4)31(5,29)30)19(22(27)24-28)13-9-12-18-10-7-6-8-11-18/h6-12,16-17,19-20,28H,13-15H2,1-5H3,(H,23,26)(H,24,27)/b12-9+/t19-,20+/m0/s1. The molecule has 0 bridgehead atoms. The molecule has 9 heteroatoms. The van der Waals surface area contributed by atoms with Gasteiger partial charge in [0.15, 0.2) is 0 Å². The highest BCUT2D eigenvalue weighted by Crippen LogP contribution is 2.26. The van der Waals surface area contributed by atoms with Crippen molar-refractivity contribution in [3.63, 3.8) is 0 Å². The summed E-state index contributed by atoms with van der Waals surface area (Å²) in [6.45, 7) is 7.62. The topological polar surface area (TPSA) is 116 Å². The van der Waals surface area contributed by atoms with Crippen LogP contribution in [0.4, 0.5) is 0 Å². The van der Waals surface area contributed by atoms with Gasteiger partial charge in [-0.3, -0.25) is 20.2 Å². The monoisotopic (exact) mass is 453 g/mol. The number of rotatable bonds is 12. The first kappa shape index (κ1) is 26.8. The highest BCUT2D eigenvalue weighted by molar-refractivity contribution is 7.88. The zero-order valence-corrected chi connectivity index (χ0v) is 19.7. The van der Waals surface area contributed by atoms with Gasteiger partial charge in [0.1, 0.15) is 0 Å². The van der Waals surface area contributed by atoms with E-state index in [1.165, 1.54) is 0 Å². The molecule has 1 aromatic carbocycles. The number of nitrogens with zero attached hydrogens (tertiary/aromatic N) is 1. The molecule has 0 spiro atoms. The number of carbonyl (C=O) groups excluding carboxylic acids is 2. The van der Waals surface area contributed by atoms with E-state index in [1.54, 1.807) is 11.6 Å². The molecule has 1 aromatic rings. The molecule has 0 saturated heterocycles. The molecule has 174 valence electrons. The Morgan fingerprint density at radius 2 is 1.65 bits per heavy atom. The van der Waals surface area contributed by atoms with E-state index < -0.39 is 33.7 Å². The lowest BCUT2D eigenvalue weighted by Gasteiger charge is -2.29. The van der Waals surface area contributed by atoms with Crippen molar-refractivity contribution in [1.82, 2.24) is 15.3 Å². The van der Waals surface area contributed by atoms with Crippen LogP contribution in [0.25, 0.3) is 6.08 Å². The van der Waals surface area contributed by atoms with E-state index >= 15 is 0 Å². The van der Waals surface area contributed by atoms with E-state index in [4.69, 9.17) is 0 Å². The molecule has 0 fully saturated rings. The Kier molecular flexibility index (Phi) is 10.9. The molecular formula is C22H35N3O5S. The molecule has 0 saturated carbocycles. The Balaban J connectivity index is 3.14. The zero-order valence-electron chi connectivity index (χ0n) is 18.9. The molecule has 0 aromatic heterocycles. The lowest BCUT2D eigenvalue weighted by molar-refractivity contribution is -0.141. The summed E-state index contributed by atoms with van der Waals surface area (Å²) in [5.74, 6) is -2.89. The van der Waals surface area contributed by atoms with Crippen LogP contribution in [0.15, 0.2) is 36.4 Å². The Hall–Kier alpha value is -2.23. The highest BCUT2D eigenvalue weighted by Gasteiger charge is 2.35. The second-order valence-electron chi connectivity index (χ2n) is 8.53. The molecule has 1 rings (SSSR count). The van der Waals surface area contributed by atoms with Gasteiger partial charge >= 0.3 is 0 Å². The molecule has 0 radical (unpaired) electrons. The van der Waals surface area contributed by atoms with Crippen molar-refractivity contribution < 1.29 is 23.2 Å². The van der Waals surface area contributed by atoms with Crippen molar-refractivity contribution in [2.45, 2.75) is 40.5 Å². The highest BCUT2D eigenvalue weighted by atomic mass is 32.2. The summed E-state index contributed by atoms with van der Waals surface area (Å²) < 4.78 is 25.2. The van der Waals surface area contributed by atoms with E-state index in [0.717, 1.165) is 16.2 Å². The van der Waals surface area contributed by atoms with Crippen molar-refractivity contribution in [2.75, 3.05) is 12.8 Å². The molecule has 0 unspecified atom stereocenters. The number of benzene rings is 1. The first-order chi connectivity index (χ1) is 14.5. The number of hydrogen-bond donors (Lipinski definition) is 3. The summed E-state index contributed by atoms with van der Waals surface area (Å²) in [4.78, 5) is 25.5. The third-order valence-electron chi connectivity index (χ3n) is 4.66. The first-order valence-corrected chi connectivity index (χ1v) is 12.2. The van der Waals surface area contributed by atoms with Gasteiger partial charge in [-0.25, -0.2) is 13.9 Å². The van der Waals surface area contributed by atoms with Crippen molar-refractivity contribution in [3.05, 3.63) is 42.0 Å². The van der Waals surface area contributed by atoms with Gasteiger partial charge in [-0.2, -0.15) is 0 Å². The van der Waals surface area contributed by atoms with Crippen LogP contribution in [0.5, 0.6) is 0 Å². The number of nitrogens with one attached hydrogen (secondary N) is 2. The van der Waals surface area contributed by atoms with Crippen LogP contribution in [0.2, 0.25) is 0 Å². The van der Waals surface area contributed by atoms with Gasteiger partial charge in [-0.05, 0) is 30.2 Å². The van der Waals surface area contributed by atoms with Crippen LogP contribution >= 0.6 is 0 Å². The fraction of sp³-hybridized carbons (Fsp3) is 0.545. The van der Waals surface area contributed by atoms with E-state index in [-0.39, 0.29) is 24.8 Å². The summed E-state index contributed by atoms with van der Waals surface area (Å²) in [6, 6.07) is 9.49. The molecule has 0 heterocycles. The SMILES string of the molecule is CC(C)C[C@@H](C(=O)NN(CC(C)C)S(C)(=O)=O)[C@H](C/C=C/c1ccccc1)C(=O)NO. The number of allylic oxidation sites excluding steroid dienone is 1. The van der Waals surface area contributed by atoms with Crippen LogP contribution in [0.3, 0.4) is 0 Å². The lowest BCUT2D eigenvalue weighted by Crippen LogP contribution is -2.51. The fourth-order valence-electron chi connectivity index (χ4n) is 3.22. The lowest BCUT2D eigenvalue weighted by atomic mass is 9.82. The number of hydrogen-bond acceptors (Lipinski definition) is 5. The number of carbonyl (C=O) groups is 2. The number of amides is 2. The summed E-state index contributed by atoms with van der Waals surface area (Å²) in [6.07, 6.45) is 5.19. The third kappa shape index (κ3) is 9.63. The minimum absolute atomic E-state index is 0.0103. The Labute approximate surface area is 185 Å². The van der Waals surface area contributed by atoms with Crippen LogP contribution in [-0.4, -0.2) is 42.7 Å². The van der Waals surface area contributed by atoms with Gasteiger partial charge in [0.05, 0.1) is 18.1 Å². The van der Waals surface area contributed by atoms with Gasteiger partial charge in [-0.15, -0.1) is 4.41 Å². The summed E-state index contributed by atoms with van der Waals surface area (Å²) >= 11 is 0. The normalized spacial score (nSPS) is 14.2. The van der Waals surface area contributed by atoms with Crippen molar-refractivity contribution in [1.29, 1.82) is 0 Å². The molecule has 8 nitrogen and oxygen atoms in total. The van der Waals surface area contributed by atoms with Crippen LogP contribution in [0, 0.1) is 23.7 Å². The minimum Gasteiger partial charge on any atom is -0.289 e. The fourth-order valence-corrected chi connectivity index (χ4v) is 4.04. The van der Waals surface area contributed by atoms with Crippen molar-refractivity contribution in [2.24, 2.45) is 23.7 Å². The van der Waals surface area contributed by atoms with E-state index in [2.05, 4.69) is 5.43 Å². The van der Waals surface area contributed by atoms with Gasteiger partial charge < -0.3 is 0 Å². The summed E-state index contributed by atoms with van der Waals surface area (Å²) in [7, 11) is -3.68. The maximum absolute atomic E-state index is 13.1. The third-order valence-corrected chi connectivity index (χ3v) is 5.70. The maximum Gasteiger partial charge on any atom is 0.247 e. The predicted molar refractivity (Wildman–Crippen MR) is 121 cm³/mol. The van der Waals surface area contributed by atoms with E-state index in [9.17, 15) is 23.2 Å². The predicted octanol–water partition coefficient (Wildman–Crippen LogP) is 2.82. The Morgan fingerprint density at radius 3 is 2.13 bits per heavy atom. The molecule has 0 aliphatic heterocycles. The second kappa shape index (κ2) is 12.6. The van der Waals surface area contributed by atoms with Gasteiger partial charge in [-0.1, -0.05) is 70.2 Å². The molecule has 2 amide bonds. The minimum atomic E-state index is -3.68. The molecule has 2 atom stereocenters. The number of sulfonamides is 1. The van der Waals surface area contributed by atoms with E-state index in [1.807, 2.05) is 64.1 Å². The Bertz CT molecular complexity index is 838. The average molecular weight is 454 g/mol. The second-order valence-corrected chi connectivity index (χ2v) is 10.4. The Morgan fingerprint density at radius 1 is 1.03 bits per heavy atom. The molecule has 0 aliphatic rings. The van der Waals surface area contributed by atoms with Crippen LogP contribution in [-0.2, 0) is 19.6 Å². The quantitative estimate of drug-likeness (QED) is 0.332. The van der Waals surface area contributed by atoms with Crippen molar-refractivity contribution >= 4 is 27.9 Å². The number of hydrazine groups is 1. The van der Waals surface area contributed by atoms with Crippen molar-refractivity contribution in [3.8, 4) is 0 Å². The maximum atomic E-state index is 13.1.